The Kier molecular flexibility index (Phi) is 8.34. The molecule has 8 nitrogen and oxygen atoms in total. The van der Waals surface area contributed by atoms with Gasteiger partial charge in [0.05, 0.1) is 0 Å². The summed E-state index contributed by atoms with van der Waals surface area (Å²) in [4.78, 5) is 34.1. The van der Waals surface area contributed by atoms with Gasteiger partial charge in [-0.3, -0.25) is 19.6 Å². The van der Waals surface area contributed by atoms with Crippen molar-refractivity contribution in [2.75, 3.05) is 38.8 Å². The number of aliphatic imine (C=N–C) groups is 2. The van der Waals surface area contributed by atoms with Crippen LogP contribution in [0.25, 0.3) is 0 Å². The van der Waals surface area contributed by atoms with E-state index in [0.29, 0.717) is 22.5 Å². The average Bonchev–Trinajstić information content (AvgIpc) is 2.87. The van der Waals surface area contributed by atoms with Gasteiger partial charge in [0.2, 0.25) is 0 Å². The summed E-state index contributed by atoms with van der Waals surface area (Å²) in [7, 11) is 7.03. The van der Waals surface area contributed by atoms with Gasteiger partial charge in [-0.05, 0) is 79.2 Å². The van der Waals surface area contributed by atoms with Crippen molar-refractivity contribution in [2.24, 2.45) is 9.98 Å². The molecule has 0 aromatic heterocycles. The maximum atomic E-state index is 12.9. The zero-order chi connectivity index (χ0) is 25.4. The summed E-state index contributed by atoms with van der Waals surface area (Å²) in [6.45, 7) is 1.85. The number of carbonyl (C=O) groups excluding carboxylic acids is 2. The van der Waals surface area contributed by atoms with Crippen molar-refractivity contribution >= 4 is 34.9 Å². The maximum Gasteiger partial charge on any atom is 0.255 e. The molecule has 0 spiro atoms. The molecule has 0 radical (unpaired) electrons. The summed E-state index contributed by atoms with van der Waals surface area (Å²) in [6.07, 6.45) is 0. The predicted octanol–water partition coefficient (Wildman–Crippen LogP) is 3.69. The molecule has 0 aliphatic heterocycles. The molecule has 0 saturated heterocycles. The Morgan fingerprint density at radius 3 is 1.29 bits per heavy atom. The lowest BCUT2D eigenvalue weighted by Crippen LogP contribution is -2.19. The van der Waals surface area contributed by atoms with Crippen LogP contribution in [0.5, 0.6) is 0 Å². The number of carbonyl (C=O) groups is 2. The quantitative estimate of drug-likeness (QED) is 0.326. The third kappa shape index (κ3) is 6.32. The number of amidine groups is 2. The second kappa shape index (κ2) is 11.6. The predicted molar refractivity (Wildman–Crippen MR) is 143 cm³/mol. The lowest BCUT2D eigenvalue weighted by molar-refractivity contribution is 0.102. The first-order valence-corrected chi connectivity index (χ1v) is 11.1. The Morgan fingerprint density at radius 2 is 0.971 bits per heavy atom. The molecule has 3 aromatic rings. The van der Waals surface area contributed by atoms with Gasteiger partial charge in [-0.25, -0.2) is 0 Å². The number of amides is 2. The standard InChI is InChI=1S/C27H30N6O2/c1-17-14-20(26(34)32-22-10-6-18(7-11-22)24(28-2)29-3)16-21(15-17)27(35)33-23-12-8-19(9-13-23)25(30-4)31-5/h6-16H,1-5H3,(H,28,29)(H,30,31)(H,32,34)(H,33,35). The van der Waals surface area contributed by atoms with Gasteiger partial charge < -0.3 is 21.3 Å². The van der Waals surface area contributed by atoms with Crippen LogP contribution in [-0.4, -0.2) is 51.7 Å². The van der Waals surface area contributed by atoms with Crippen molar-refractivity contribution in [1.29, 1.82) is 0 Å². The molecule has 2 amide bonds. The average molecular weight is 471 g/mol. The van der Waals surface area contributed by atoms with Crippen LogP contribution in [-0.2, 0) is 0 Å². The third-order valence-corrected chi connectivity index (χ3v) is 5.35. The van der Waals surface area contributed by atoms with Gasteiger partial charge in [0.25, 0.3) is 11.8 Å². The van der Waals surface area contributed by atoms with E-state index in [0.717, 1.165) is 28.4 Å². The molecule has 0 aliphatic rings. The van der Waals surface area contributed by atoms with E-state index in [9.17, 15) is 9.59 Å². The van der Waals surface area contributed by atoms with Crippen molar-refractivity contribution in [2.45, 2.75) is 6.92 Å². The van der Waals surface area contributed by atoms with Crippen molar-refractivity contribution in [3.63, 3.8) is 0 Å². The molecular formula is C27H30N6O2. The monoisotopic (exact) mass is 470 g/mol. The van der Waals surface area contributed by atoms with Crippen LogP contribution in [0, 0.1) is 6.92 Å². The molecule has 3 rings (SSSR count). The van der Waals surface area contributed by atoms with E-state index in [-0.39, 0.29) is 11.8 Å². The van der Waals surface area contributed by atoms with Crippen molar-refractivity contribution in [1.82, 2.24) is 10.6 Å². The highest BCUT2D eigenvalue weighted by Crippen LogP contribution is 2.17. The van der Waals surface area contributed by atoms with Crippen molar-refractivity contribution < 1.29 is 9.59 Å². The summed E-state index contributed by atoms with van der Waals surface area (Å²) in [5.74, 6) is 0.924. The van der Waals surface area contributed by atoms with E-state index < -0.39 is 0 Å². The summed E-state index contributed by atoms with van der Waals surface area (Å²) in [5.41, 5.74) is 4.74. The largest absolute Gasteiger partial charge is 0.373 e. The first kappa shape index (κ1) is 25.2. The minimum atomic E-state index is -0.295. The van der Waals surface area contributed by atoms with Crippen LogP contribution in [0.1, 0.15) is 37.4 Å². The Balaban J connectivity index is 1.73. The second-order valence-electron chi connectivity index (χ2n) is 7.80. The maximum absolute atomic E-state index is 12.9. The Bertz CT molecular complexity index is 1170. The van der Waals surface area contributed by atoms with Gasteiger partial charge in [-0.2, -0.15) is 0 Å². The molecule has 180 valence electrons. The fraction of sp³-hybridized carbons (Fsp3) is 0.185. The van der Waals surface area contributed by atoms with E-state index in [1.807, 2.05) is 55.5 Å². The molecule has 0 aliphatic carbocycles. The fourth-order valence-electron chi connectivity index (χ4n) is 3.65. The number of nitrogens with one attached hydrogen (secondary N) is 4. The summed E-state index contributed by atoms with van der Waals surface area (Å²) < 4.78 is 0. The van der Waals surface area contributed by atoms with Crippen molar-refractivity contribution in [3.05, 3.63) is 94.5 Å². The molecule has 35 heavy (non-hydrogen) atoms. The zero-order valence-corrected chi connectivity index (χ0v) is 20.6. The molecule has 0 unspecified atom stereocenters. The number of benzene rings is 3. The highest BCUT2D eigenvalue weighted by Gasteiger charge is 2.13. The van der Waals surface area contributed by atoms with Crippen LogP contribution in [0.3, 0.4) is 0 Å². The molecule has 8 heteroatoms. The molecule has 4 N–H and O–H groups in total. The van der Waals surface area contributed by atoms with Crippen LogP contribution in [0.15, 0.2) is 76.7 Å². The SMILES string of the molecule is CN=C(NC)c1ccc(NC(=O)c2cc(C)cc(C(=O)Nc3ccc(C(=NC)NC)cc3)c2)cc1. The van der Waals surface area contributed by atoms with Gasteiger partial charge in [-0.15, -0.1) is 0 Å². The van der Waals surface area contributed by atoms with E-state index in [1.54, 1.807) is 46.4 Å². The second-order valence-corrected chi connectivity index (χ2v) is 7.80. The van der Waals surface area contributed by atoms with Gasteiger partial charge in [0.1, 0.15) is 11.7 Å². The number of hydrogen-bond donors (Lipinski definition) is 4. The molecule has 0 saturated carbocycles. The molecule has 0 atom stereocenters. The Labute approximate surface area is 205 Å². The third-order valence-electron chi connectivity index (χ3n) is 5.35. The fourth-order valence-corrected chi connectivity index (χ4v) is 3.65. The number of hydrogen-bond acceptors (Lipinski definition) is 4. The minimum absolute atomic E-state index is 0.295. The molecule has 0 heterocycles. The van der Waals surface area contributed by atoms with Crippen LogP contribution >= 0.6 is 0 Å². The van der Waals surface area contributed by atoms with Gasteiger partial charge in [0, 0.05) is 61.8 Å². The first-order chi connectivity index (χ1) is 16.9. The van der Waals surface area contributed by atoms with Gasteiger partial charge in [0.15, 0.2) is 0 Å². The molecule has 0 fully saturated rings. The minimum Gasteiger partial charge on any atom is -0.373 e. The van der Waals surface area contributed by atoms with E-state index in [4.69, 9.17) is 0 Å². The normalized spacial score (nSPS) is 11.6. The molecule has 0 bridgehead atoms. The Hall–Kier alpha value is -4.46. The van der Waals surface area contributed by atoms with E-state index in [2.05, 4.69) is 31.3 Å². The molecular weight excluding hydrogens is 440 g/mol. The topological polar surface area (TPSA) is 107 Å². The number of rotatable bonds is 6. The van der Waals surface area contributed by atoms with Gasteiger partial charge in [-0.1, -0.05) is 0 Å². The van der Waals surface area contributed by atoms with Crippen molar-refractivity contribution in [3.8, 4) is 0 Å². The smallest absolute Gasteiger partial charge is 0.255 e. The van der Waals surface area contributed by atoms with Crippen LogP contribution < -0.4 is 21.3 Å². The lowest BCUT2D eigenvalue weighted by atomic mass is 10.0. The summed E-state index contributed by atoms with van der Waals surface area (Å²) in [6, 6.07) is 19.8. The number of nitrogens with zero attached hydrogens (tertiary/aromatic N) is 2. The van der Waals surface area contributed by atoms with Crippen LogP contribution in [0.2, 0.25) is 0 Å². The van der Waals surface area contributed by atoms with E-state index >= 15 is 0 Å². The summed E-state index contributed by atoms with van der Waals surface area (Å²) in [5, 5.41) is 11.8. The van der Waals surface area contributed by atoms with E-state index in [1.165, 1.54) is 0 Å². The number of aryl methyl sites for hydroxylation is 1. The Morgan fingerprint density at radius 1 is 0.600 bits per heavy atom. The first-order valence-electron chi connectivity index (χ1n) is 11.1. The zero-order valence-electron chi connectivity index (χ0n) is 20.6. The van der Waals surface area contributed by atoms with Crippen LogP contribution in [0.4, 0.5) is 11.4 Å². The van der Waals surface area contributed by atoms with Gasteiger partial charge >= 0.3 is 0 Å². The molecule has 3 aromatic carbocycles. The number of anilines is 2. The highest BCUT2D eigenvalue weighted by molar-refractivity contribution is 6.09. The summed E-state index contributed by atoms with van der Waals surface area (Å²) >= 11 is 0. The lowest BCUT2D eigenvalue weighted by Gasteiger charge is -2.11. The highest BCUT2D eigenvalue weighted by atomic mass is 16.2.